The maximum atomic E-state index is 12.8. The fourth-order valence-electron chi connectivity index (χ4n) is 7.99. The van der Waals surface area contributed by atoms with Crippen molar-refractivity contribution in [3.8, 4) is 0 Å². The molecule has 0 aromatic carbocycles. The molecule has 0 radical (unpaired) electrons. The third kappa shape index (κ3) is 52.2. The first-order chi connectivity index (χ1) is 32.0. The summed E-state index contributed by atoms with van der Waals surface area (Å²) in [7, 11) is 0. The van der Waals surface area contributed by atoms with Crippen LogP contribution in [-0.4, -0.2) is 37.2 Å². The molecule has 0 rings (SSSR count). The summed E-state index contributed by atoms with van der Waals surface area (Å²) in [4.78, 5) is 38.1. The highest BCUT2D eigenvalue weighted by atomic mass is 16.6. The lowest BCUT2D eigenvalue weighted by atomic mass is 10.1. The Morgan fingerprint density at radius 2 is 0.554 bits per heavy atom. The molecule has 0 fully saturated rings. The second-order valence-electron chi connectivity index (χ2n) is 18.8. The van der Waals surface area contributed by atoms with E-state index in [-0.39, 0.29) is 31.1 Å². The molecule has 0 aliphatic rings. The Kier molecular flexibility index (Phi) is 51.8. The molecule has 65 heavy (non-hydrogen) atoms. The van der Waals surface area contributed by atoms with Gasteiger partial charge in [-0.05, 0) is 103 Å². The fourth-order valence-corrected chi connectivity index (χ4v) is 7.99. The normalized spacial score (nSPS) is 12.4. The molecule has 0 heterocycles. The number of esters is 3. The second-order valence-corrected chi connectivity index (χ2v) is 18.8. The van der Waals surface area contributed by atoms with Gasteiger partial charge in [-0.3, -0.25) is 14.4 Å². The van der Waals surface area contributed by atoms with Gasteiger partial charge in [-0.15, -0.1) is 0 Å². The molecular formula is C59H106O6. The lowest BCUT2D eigenvalue weighted by Gasteiger charge is -2.18. The summed E-state index contributed by atoms with van der Waals surface area (Å²) in [5.41, 5.74) is 0. The van der Waals surface area contributed by atoms with Crippen LogP contribution in [0.3, 0.4) is 0 Å². The molecule has 378 valence electrons. The Morgan fingerprint density at radius 3 is 0.908 bits per heavy atom. The van der Waals surface area contributed by atoms with E-state index in [0.717, 1.165) is 77.0 Å². The van der Waals surface area contributed by atoms with Crippen molar-refractivity contribution in [2.75, 3.05) is 13.2 Å². The van der Waals surface area contributed by atoms with Gasteiger partial charge in [-0.1, -0.05) is 217 Å². The van der Waals surface area contributed by atoms with Crippen molar-refractivity contribution in [1.29, 1.82) is 0 Å². The average molecular weight is 911 g/mol. The van der Waals surface area contributed by atoms with Gasteiger partial charge in [0.1, 0.15) is 13.2 Å². The number of allylic oxidation sites excluding steroid dienone is 8. The van der Waals surface area contributed by atoms with Gasteiger partial charge in [-0.25, -0.2) is 0 Å². The van der Waals surface area contributed by atoms with Crippen LogP contribution in [0.1, 0.15) is 290 Å². The van der Waals surface area contributed by atoms with Gasteiger partial charge in [0.2, 0.25) is 0 Å². The maximum absolute atomic E-state index is 12.8. The Labute approximate surface area is 403 Å². The molecule has 0 amide bonds. The highest BCUT2D eigenvalue weighted by Gasteiger charge is 2.19. The smallest absolute Gasteiger partial charge is 0.306 e. The van der Waals surface area contributed by atoms with E-state index in [9.17, 15) is 14.4 Å². The van der Waals surface area contributed by atoms with Gasteiger partial charge in [0.05, 0.1) is 0 Å². The second kappa shape index (κ2) is 54.0. The number of ether oxygens (including phenoxy) is 3. The minimum Gasteiger partial charge on any atom is -0.462 e. The van der Waals surface area contributed by atoms with E-state index in [1.807, 2.05) is 0 Å². The van der Waals surface area contributed by atoms with Gasteiger partial charge in [0.25, 0.3) is 0 Å². The molecule has 6 nitrogen and oxygen atoms in total. The SMILES string of the molecule is CCCCC/C=C\C/C=C\CCCCCCCC(=O)OC[C@H](COC(=O)CCCCCCCCC/C=C\CCCCCCCC)OC(=O)CCCCCCCCC/C=C\CCCCCC. The number of carbonyl (C=O) groups is 3. The molecule has 0 bridgehead atoms. The quantitative estimate of drug-likeness (QED) is 0.0262. The zero-order chi connectivity index (χ0) is 47.2. The predicted molar refractivity (Wildman–Crippen MR) is 279 cm³/mol. The highest BCUT2D eigenvalue weighted by molar-refractivity contribution is 5.71. The van der Waals surface area contributed by atoms with Gasteiger partial charge in [0.15, 0.2) is 6.10 Å². The van der Waals surface area contributed by atoms with Crippen LogP contribution in [0.2, 0.25) is 0 Å². The summed E-state index contributed by atoms with van der Waals surface area (Å²) >= 11 is 0. The topological polar surface area (TPSA) is 78.9 Å². The molecular weight excluding hydrogens is 805 g/mol. The zero-order valence-electron chi connectivity index (χ0n) is 43.3. The van der Waals surface area contributed by atoms with Crippen LogP contribution in [-0.2, 0) is 28.6 Å². The van der Waals surface area contributed by atoms with Crippen LogP contribution in [0.4, 0.5) is 0 Å². The molecule has 0 saturated heterocycles. The lowest BCUT2D eigenvalue weighted by Crippen LogP contribution is -2.30. The predicted octanol–water partition coefficient (Wildman–Crippen LogP) is 18.7. The summed E-state index contributed by atoms with van der Waals surface area (Å²) in [6.07, 6.45) is 65.2. The third-order valence-electron chi connectivity index (χ3n) is 12.3. The van der Waals surface area contributed by atoms with E-state index in [1.54, 1.807) is 0 Å². The Hall–Kier alpha value is -2.63. The van der Waals surface area contributed by atoms with E-state index in [1.165, 1.54) is 173 Å². The monoisotopic (exact) mass is 911 g/mol. The van der Waals surface area contributed by atoms with Crippen molar-refractivity contribution in [2.45, 2.75) is 297 Å². The van der Waals surface area contributed by atoms with E-state index < -0.39 is 6.10 Å². The van der Waals surface area contributed by atoms with E-state index in [0.29, 0.717) is 19.3 Å². The minimum absolute atomic E-state index is 0.0804. The van der Waals surface area contributed by atoms with Crippen molar-refractivity contribution in [2.24, 2.45) is 0 Å². The molecule has 1 atom stereocenters. The Balaban J connectivity index is 4.39. The van der Waals surface area contributed by atoms with Crippen LogP contribution in [0.25, 0.3) is 0 Å². The number of hydrogen-bond acceptors (Lipinski definition) is 6. The molecule has 0 aromatic heterocycles. The molecule has 0 aromatic rings. The summed E-state index contributed by atoms with van der Waals surface area (Å²) in [6.45, 7) is 6.60. The van der Waals surface area contributed by atoms with Crippen molar-refractivity contribution < 1.29 is 28.6 Å². The number of rotatable bonds is 51. The van der Waals surface area contributed by atoms with Crippen LogP contribution < -0.4 is 0 Å². The summed E-state index contributed by atoms with van der Waals surface area (Å²) in [6, 6.07) is 0. The van der Waals surface area contributed by atoms with Gasteiger partial charge < -0.3 is 14.2 Å². The summed E-state index contributed by atoms with van der Waals surface area (Å²) in [5, 5.41) is 0. The minimum atomic E-state index is -0.782. The molecule has 0 aliphatic carbocycles. The summed E-state index contributed by atoms with van der Waals surface area (Å²) in [5.74, 6) is -0.892. The lowest BCUT2D eigenvalue weighted by molar-refractivity contribution is -0.167. The van der Waals surface area contributed by atoms with Crippen LogP contribution in [0.5, 0.6) is 0 Å². The number of carbonyl (C=O) groups excluding carboxylic acids is 3. The van der Waals surface area contributed by atoms with E-state index >= 15 is 0 Å². The number of unbranched alkanes of at least 4 members (excludes halogenated alkanes) is 32. The summed E-state index contributed by atoms with van der Waals surface area (Å²) < 4.78 is 16.8. The highest BCUT2D eigenvalue weighted by Crippen LogP contribution is 2.15. The molecule has 0 saturated carbocycles. The van der Waals surface area contributed by atoms with Crippen molar-refractivity contribution in [3.63, 3.8) is 0 Å². The number of hydrogen-bond donors (Lipinski definition) is 0. The molecule has 0 unspecified atom stereocenters. The molecule has 6 heteroatoms. The van der Waals surface area contributed by atoms with Crippen LogP contribution in [0, 0.1) is 0 Å². The van der Waals surface area contributed by atoms with Gasteiger partial charge in [0, 0.05) is 19.3 Å². The van der Waals surface area contributed by atoms with E-state index in [4.69, 9.17) is 14.2 Å². The standard InChI is InChI=1S/C59H106O6/c1-4-7-10-13-16-19-22-25-28-29-32-34-37-40-43-46-49-52-58(61)64-55-56(65-59(62)53-50-47-44-41-38-35-31-27-24-21-18-15-12-9-6-3)54-63-57(60)51-48-45-42-39-36-33-30-26-23-20-17-14-11-8-5-2/h17,20-21,24-26,28,30,56H,4-16,18-19,22-23,27,29,31-55H2,1-3H3/b20-17-,24-21-,28-25-,30-26-/t56-/m1/s1. The van der Waals surface area contributed by atoms with E-state index in [2.05, 4.69) is 69.4 Å². The maximum Gasteiger partial charge on any atom is 0.306 e. The molecule has 0 N–H and O–H groups in total. The molecule has 0 aliphatic heterocycles. The zero-order valence-corrected chi connectivity index (χ0v) is 43.3. The van der Waals surface area contributed by atoms with Crippen LogP contribution >= 0.6 is 0 Å². The Morgan fingerprint density at radius 1 is 0.308 bits per heavy atom. The fraction of sp³-hybridized carbons (Fsp3) is 0.814. The first kappa shape index (κ1) is 62.4. The van der Waals surface area contributed by atoms with Gasteiger partial charge >= 0.3 is 17.9 Å². The largest absolute Gasteiger partial charge is 0.462 e. The average Bonchev–Trinajstić information content (AvgIpc) is 3.30. The van der Waals surface area contributed by atoms with Crippen LogP contribution in [0.15, 0.2) is 48.6 Å². The first-order valence-corrected chi connectivity index (χ1v) is 28.1. The Bertz CT molecular complexity index is 1140. The molecule has 0 spiro atoms. The van der Waals surface area contributed by atoms with Crippen molar-refractivity contribution in [1.82, 2.24) is 0 Å². The third-order valence-corrected chi connectivity index (χ3v) is 12.3. The van der Waals surface area contributed by atoms with Gasteiger partial charge in [-0.2, -0.15) is 0 Å². The first-order valence-electron chi connectivity index (χ1n) is 28.1. The van der Waals surface area contributed by atoms with Crippen molar-refractivity contribution in [3.05, 3.63) is 48.6 Å². The van der Waals surface area contributed by atoms with Crippen molar-refractivity contribution >= 4 is 17.9 Å².